The first-order chi connectivity index (χ1) is 8.18. The Morgan fingerprint density at radius 3 is 2.71 bits per heavy atom. The molecule has 0 aliphatic carbocycles. The van der Waals surface area contributed by atoms with Crippen LogP contribution in [0.4, 0.5) is 0 Å². The number of imide groups is 1. The van der Waals surface area contributed by atoms with Gasteiger partial charge in [0.1, 0.15) is 0 Å². The minimum atomic E-state index is -0.238. The average Bonchev–Trinajstić information content (AvgIpc) is 2.36. The molecule has 2 amide bonds. The molecule has 1 fully saturated rings. The molecule has 1 heterocycles. The van der Waals surface area contributed by atoms with Gasteiger partial charge in [-0.2, -0.15) is 0 Å². The van der Waals surface area contributed by atoms with Crippen LogP contribution in [0.25, 0.3) is 0 Å². The first-order valence-corrected chi connectivity index (χ1v) is 5.76. The number of carbonyl (C=O) groups is 2. The third-order valence-corrected chi connectivity index (χ3v) is 3.05. The highest BCUT2D eigenvalue weighted by molar-refractivity contribution is 6.00. The quantitative estimate of drug-likeness (QED) is 0.788. The molecule has 1 aromatic rings. The van der Waals surface area contributed by atoms with Crippen molar-refractivity contribution in [3.05, 3.63) is 35.9 Å². The number of likely N-dealkylation sites (N-methyl/N-ethyl adjacent to an activating group) is 1. The first-order valence-electron chi connectivity index (χ1n) is 5.76. The van der Waals surface area contributed by atoms with E-state index >= 15 is 0 Å². The second kappa shape index (κ2) is 5.10. The summed E-state index contributed by atoms with van der Waals surface area (Å²) in [4.78, 5) is 24.3. The lowest BCUT2D eigenvalue weighted by Crippen LogP contribution is -2.51. The summed E-state index contributed by atoms with van der Waals surface area (Å²) >= 11 is 0. The molecular weight excluding hydrogens is 216 g/mol. The van der Waals surface area contributed by atoms with Gasteiger partial charge in [-0.05, 0) is 12.0 Å². The van der Waals surface area contributed by atoms with Crippen LogP contribution in [-0.2, 0) is 16.1 Å². The van der Waals surface area contributed by atoms with E-state index in [1.807, 2.05) is 30.3 Å². The second-order valence-corrected chi connectivity index (χ2v) is 4.25. The largest absolute Gasteiger partial charge is 0.302 e. The number of carbonyl (C=O) groups excluding carboxylic acids is 2. The summed E-state index contributed by atoms with van der Waals surface area (Å²) in [6.45, 7) is 0.652. The van der Waals surface area contributed by atoms with Gasteiger partial charge in [-0.3, -0.25) is 14.5 Å². The maximum Gasteiger partial charge on any atom is 0.246 e. The van der Waals surface area contributed by atoms with Crippen molar-refractivity contribution >= 4 is 11.8 Å². The van der Waals surface area contributed by atoms with Gasteiger partial charge in [-0.25, -0.2) is 0 Å². The van der Waals surface area contributed by atoms with Gasteiger partial charge < -0.3 is 5.32 Å². The number of nitrogens with one attached hydrogen (secondary N) is 1. The second-order valence-electron chi connectivity index (χ2n) is 4.25. The van der Waals surface area contributed by atoms with Crippen molar-refractivity contribution in [1.29, 1.82) is 0 Å². The third kappa shape index (κ3) is 2.71. The van der Waals surface area contributed by atoms with Crippen LogP contribution < -0.4 is 5.32 Å². The van der Waals surface area contributed by atoms with E-state index in [1.54, 1.807) is 7.05 Å². The molecule has 1 unspecified atom stereocenters. The molecular formula is C13H16N2O2. The van der Waals surface area contributed by atoms with Gasteiger partial charge >= 0.3 is 0 Å². The fraction of sp³-hybridized carbons (Fsp3) is 0.385. The van der Waals surface area contributed by atoms with Gasteiger partial charge in [0.05, 0.1) is 6.04 Å². The Kier molecular flexibility index (Phi) is 3.54. The average molecular weight is 232 g/mol. The van der Waals surface area contributed by atoms with Gasteiger partial charge in [0, 0.05) is 20.0 Å². The Morgan fingerprint density at radius 1 is 1.29 bits per heavy atom. The molecule has 4 nitrogen and oxygen atoms in total. The molecule has 0 radical (unpaired) electrons. The molecule has 4 heteroatoms. The number of hydrogen-bond acceptors (Lipinski definition) is 3. The Hall–Kier alpha value is -1.68. The molecule has 1 aromatic carbocycles. The van der Waals surface area contributed by atoms with E-state index in [9.17, 15) is 9.59 Å². The number of benzene rings is 1. The Morgan fingerprint density at radius 2 is 2.00 bits per heavy atom. The van der Waals surface area contributed by atoms with Gasteiger partial charge in [0.2, 0.25) is 11.8 Å². The smallest absolute Gasteiger partial charge is 0.246 e. The van der Waals surface area contributed by atoms with E-state index in [-0.39, 0.29) is 17.9 Å². The van der Waals surface area contributed by atoms with Crippen molar-refractivity contribution < 1.29 is 9.59 Å². The van der Waals surface area contributed by atoms with Crippen molar-refractivity contribution in [2.75, 3.05) is 7.05 Å². The van der Waals surface area contributed by atoms with Crippen molar-refractivity contribution in [3.63, 3.8) is 0 Å². The van der Waals surface area contributed by atoms with E-state index in [1.165, 1.54) is 4.90 Å². The van der Waals surface area contributed by atoms with Crippen molar-refractivity contribution in [3.8, 4) is 0 Å². The van der Waals surface area contributed by atoms with E-state index in [0.29, 0.717) is 19.4 Å². The standard InChI is InChI=1S/C13H16N2O2/c1-15-12(16)8-7-11(13(15)17)14-9-10-5-3-2-4-6-10/h2-6,11,14H,7-9H2,1H3. The summed E-state index contributed by atoms with van der Waals surface area (Å²) in [5, 5.41) is 3.20. The maximum absolute atomic E-state index is 11.8. The van der Waals surface area contributed by atoms with Crippen LogP contribution in [0.1, 0.15) is 18.4 Å². The highest BCUT2D eigenvalue weighted by Gasteiger charge is 2.30. The number of rotatable bonds is 3. The molecule has 0 saturated carbocycles. The normalized spacial score (nSPS) is 20.8. The zero-order chi connectivity index (χ0) is 12.3. The SMILES string of the molecule is CN1C(=O)CCC(NCc2ccccc2)C1=O. The van der Waals surface area contributed by atoms with Crippen LogP contribution in [0.15, 0.2) is 30.3 Å². The Labute approximate surface area is 101 Å². The first kappa shape index (κ1) is 11.8. The summed E-state index contributed by atoms with van der Waals surface area (Å²) in [5.74, 6) is -0.218. The Bertz CT molecular complexity index is 417. The zero-order valence-electron chi connectivity index (χ0n) is 9.85. The molecule has 1 saturated heterocycles. The molecule has 0 aromatic heterocycles. The van der Waals surface area contributed by atoms with Crippen LogP contribution in [0.3, 0.4) is 0 Å². The molecule has 1 N–H and O–H groups in total. The maximum atomic E-state index is 11.8. The summed E-state index contributed by atoms with van der Waals surface area (Å²) in [6, 6.07) is 9.68. The number of likely N-dealkylation sites (tertiary alicyclic amines) is 1. The molecule has 0 spiro atoms. The van der Waals surface area contributed by atoms with Crippen molar-refractivity contribution in [2.45, 2.75) is 25.4 Å². The molecule has 1 atom stereocenters. The van der Waals surface area contributed by atoms with Crippen LogP contribution in [0.2, 0.25) is 0 Å². The lowest BCUT2D eigenvalue weighted by molar-refractivity contribution is -0.148. The van der Waals surface area contributed by atoms with Gasteiger partial charge in [-0.15, -0.1) is 0 Å². The monoisotopic (exact) mass is 232 g/mol. The third-order valence-electron chi connectivity index (χ3n) is 3.05. The van der Waals surface area contributed by atoms with Gasteiger partial charge in [0.25, 0.3) is 0 Å². The molecule has 2 rings (SSSR count). The number of amides is 2. The van der Waals surface area contributed by atoms with E-state index in [4.69, 9.17) is 0 Å². The van der Waals surface area contributed by atoms with Crippen LogP contribution in [0, 0.1) is 0 Å². The lowest BCUT2D eigenvalue weighted by atomic mass is 10.0. The van der Waals surface area contributed by atoms with Crippen LogP contribution in [-0.4, -0.2) is 29.8 Å². The van der Waals surface area contributed by atoms with E-state index < -0.39 is 0 Å². The Balaban J connectivity index is 1.92. The summed E-state index contributed by atoms with van der Waals surface area (Å²) in [5.41, 5.74) is 1.14. The zero-order valence-corrected chi connectivity index (χ0v) is 9.85. The fourth-order valence-corrected chi connectivity index (χ4v) is 1.94. The number of nitrogens with zero attached hydrogens (tertiary/aromatic N) is 1. The minimum Gasteiger partial charge on any atom is -0.302 e. The molecule has 90 valence electrons. The summed E-state index contributed by atoms with van der Waals surface area (Å²) in [6.07, 6.45) is 1.03. The summed E-state index contributed by atoms with van der Waals surface area (Å²) < 4.78 is 0. The van der Waals surface area contributed by atoms with Crippen molar-refractivity contribution in [1.82, 2.24) is 10.2 Å². The van der Waals surface area contributed by atoms with E-state index in [2.05, 4.69) is 5.32 Å². The molecule has 17 heavy (non-hydrogen) atoms. The lowest BCUT2D eigenvalue weighted by Gasteiger charge is -2.28. The molecule has 1 aliphatic heterocycles. The summed E-state index contributed by atoms with van der Waals surface area (Å²) in [7, 11) is 1.54. The van der Waals surface area contributed by atoms with Crippen molar-refractivity contribution in [2.24, 2.45) is 0 Å². The highest BCUT2D eigenvalue weighted by Crippen LogP contribution is 2.12. The molecule has 1 aliphatic rings. The fourth-order valence-electron chi connectivity index (χ4n) is 1.94. The topological polar surface area (TPSA) is 49.4 Å². The molecule has 0 bridgehead atoms. The predicted octanol–water partition coefficient (Wildman–Crippen LogP) is 0.924. The predicted molar refractivity (Wildman–Crippen MR) is 64.1 cm³/mol. The van der Waals surface area contributed by atoms with Crippen LogP contribution in [0.5, 0.6) is 0 Å². The number of piperidine rings is 1. The van der Waals surface area contributed by atoms with E-state index in [0.717, 1.165) is 5.56 Å². The van der Waals surface area contributed by atoms with Crippen LogP contribution >= 0.6 is 0 Å². The van der Waals surface area contributed by atoms with Gasteiger partial charge in [0.15, 0.2) is 0 Å². The minimum absolute atomic E-state index is 0.0900. The highest BCUT2D eigenvalue weighted by atomic mass is 16.2. The van der Waals surface area contributed by atoms with Gasteiger partial charge in [-0.1, -0.05) is 30.3 Å². The number of hydrogen-bond donors (Lipinski definition) is 1.